The maximum atomic E-state index is 12.8. The first kappa shape index (κ1) is 19.3. The van der Waals surface area contributed by atoms with E-state index in [2.05, 4.69) is 0 Å². The van der Waals surface area contributed by atoms with Gasteiger partial charge in [0.05, 0.1) is 20.1 Å². The van der Waals surface area contributed by atoms with Crippen LogP contribution in [-0.4, -0.2) is 25.3 Å². The highest BCUT2D eigenvalue weighted by Crippen LogP contribution is 2.46. The van der Waals surface area contributed by atoms with Crippen LogP contribution < -0.4 is 4.74 Å². The number of benzene rings is 2. The topological polar surface area (TPSA) is 52.6 Å². The van der Waals surface area contributed by atoms with Crippen LogP contribution in [0.2, 0.25) is 0 Å². The Hall–Kier alpha value is -2.46. The summed E-state index contributed by atoms with van der Waals surface area (Å²) in [6.07, 6.45) is 1.07. The van der Waals surface area contributed by atoms with E-state index in [1.807, 2.05) is 61.5 Å². The number of rotatable bonds is 7. The van der Waals surface area contributed by atoms with Gasteiger partial charge in [-0.25, -0.2) is 0 Å². The van der Waals surface area contributed by atoms with E-state index in [0.717, 1.165) is 16.9 Å². The first-order valence-corrected chi connectivity index (χ1v) is 9.33. The zero-order valence-electron chi connectivity index (χ0n) is 15.9. The van der Waals surface area contributed by atoms with Crippen LogP contribution in [0.5, 0.6) is 5.75 Å². The van der Waals surface area contributed by atoms with E-state index in [-0.39, 0.29) is 23.9 Å². The van der Waals surface area contributed by atoms with Gasteiger partial charge in [-0.1, -0.05) is 49.4 Å². The molecule has 2 aromatic carbocycles. The van der Waals surface area contributed by atoms with Crippen LogP contribution in [0.3, 0.4) is 0 Å². The van der Waals surface area contributed by atoms with Crippen molar-refractivity contribution in [3.63, 3.8) is 0 Å². The van der Waals surface area contributed by atoms with Gasteiger partial charge in [0.25, 0.3) is 0 Å². The van der Waals surface area contributed by atoms with E-state index in [0.29, 0.717) is 26.1 Å². The van der Waals surface area contributed by atoms with E-state index in [4.69, 9.17) is 9.47 Å². The minimum atomic E-state index is -0.574. The molecule has 1 fully saturated rings. The lowest BCUT2D eigenvalue weighted by molar-refractivity contribution is -0.140. The van der Waals surface area contributed by atoms with Crippen LogP contribution in [-0.2, 0) is 20.9 Å². The van der Waals surface area contributed by atoms with Crippen molar-refractivity contribution in [2.45, 2.75) is 38.7 Å². The van der Waals surface area contributed by atoms with E-state index in [1.54, 1.807) is 7.11 Å². The molecule has 0 aromatic heterocycles. The Morgan fingerprint density at radius 3 is 2.41 bits per heavy atom. The van der Waals surface area contributed by atoms with Crippen molar-refractivity contribution in [3.05, 3.63) is 65.7 Å². The van der Waals surface area contributed by atoms with Gasteiger partial charge in [-0.05, 0) is 29.7 Å². The van der Waals surface area contributed by atoms with E-state index in [1.165, 1.54) is 0 Å². The van der Waals surface area contributed by atoms with Gasteiger partial charge in [-0.15, -0.1) is 0 Å². The normalized spacial score (nSPS) is 22.7. The number of ketones is 2. The van der Waals surface area contributed by atoms with Crippen LogP contribution in [0.15, 0.2) is 54.6 Å². The minimum Gasteiger partial charge on any atom is -0.497 e. The van der Waals surface area contributed by atoms with Crippen LogP contribution in [0.4, 0.5) is 0 Å². The molecule has 0 radical (unpaired) electrons. The number of carbonyl (C=O) groups is 2. The predicted molar refractivity (Wildman–Crippen MR) is 104 cm³/mol. The van der Waals surface area contributed by atoms with Crippen molar-refractivity contribution in [2.24, 2.45) is 5.41 Å². The van der Waals surface area contributed by atoms with Crippen molar-refractivity contribution < 1.29 is 19.1 Å². The highest BCUT2D eigenvalue weighted by atomic mass is 16.5. The number of carbonyl (C=O) groups excluding carboxylic acids is 2. The Morgan fingerprint density at radius 2 is 1.74 bits per heavy atom. The first-order valence-electron chi connectivity index (χ1n) is 9.33. The smallest absolute Gasteiger partial charge is 0.146 e. The Labute approximate surface area is 160 Å². The van der Waals surface area contributed by atoms with Crippen LogP contribution in [0, 0.1) is 5.41 Å². The SMILES string of the molecule is COc1ccc(COCCC2(C)C(=O)CC(=O)CC2c2ccccc2)cc1. The standard InChI is InChI=1S/C23H26O4/c1-23(12-13-27-16-17-8-10-20(26-2)11-9-17)21(14-19(24)15-22(23)25)18-6-4-3-5-7-18/h3-11,21H,12-16H2,1-2H3. The molecule has 1 aliphatic rings. The van der Waals surface area contributed by atoms with Crippen molar-refractivity contribution in [3.8, 4) is 5.75 Å². The quantitative estimate of drug-likeness (QED) is 0.541. The van der Waals surface area contributed by atoms with Gasteiger partial charge < -0.3 is 9.47 Å². The Kier molecular flexibility index (Phi) is 6.07. The lowest BCUT2D eigenvalue weighted by Crippen LogP contribution is -2.42. The second kappa shape index (κ2) is 8.49. The third kappa shape index (κ3) is 4.45. The molecular formula is C23H26O4. The molecule has 0 aliphatic heterocycles. The van der Waals surface area contributed by atoms with Crippen LogP contribution in [0.1, 0.15) is 43.2 Å². The molecule has 1 saturated carbocycles. The highest BCUT2D eigenvalue weighted by molar-refractivity contribution is 6.05. The summed E-state index contributed by atoms with van der Waals surface area (Å²) in [6.45, 7) is 2.95. The van der Waals surface area contributed by atoms with Crippen molar-refractivity contribution in [1.29, 1.82) is 0 Å². The average Bonchev–Trinajstić information content (AvgIpc) is 2.69. The molecule has 2 unspecified atom stereocenters. The molecule has 4 nitrogen and oxygen atoms in total. The fourth-order valence-corrected chi connectivity index (χ4v) is 3.78. The van der Waals surface area contributed by atoms with E-state index >= 15 is 0 Å². The number of ether oxygens (including phenoxy) is 2. The van der Waals surface area contributed by atoms with Crippen LogP contribution >= 0.6 is 0 Å². The molecule has 0 saturated heterocycles. The van der Waals surface area contributed by atoms with Gasteiger partial charge in [0.1, 0.15) is 17.3 Å². The highest BCUT2D eigenvalue weighted by Gasteiger charge is 2.46. The maximum absolute atomic E-state index is 12.8. The fraction of sp³-hybridized carbons (Fsp3) is 0.391. The predicted octanol–water partition coefficient (Wildman–Crippen LogP) is 4.32. The van der Waals surface area contributed by atoms with Gasteiger partial charge in [0.2, 0.25) is 0 Å². The average molecular weight is 366 g/mol. The summed E-state index contributed by atoms with van der Waals surface area (Å²) in [5, 5.41) is 0. The zero-order chi connectivity index (χ0) is 19.3. The molecule has 2 atom stereocenters. The van der Waals surface area contributed by atoms with Gasteiger partial charge in [-0.2, -0.15) is 0 Å². The third-order valence-corrected chi connectivity index (χ3v) is 5.59. The first-order chi connectivity index (χ1) is 13.0. The summed E-state index contributed by atoms with van der Waals surface area (Å²) in [5.74, 6) is 0.789. The number of methoxy groups -OCH3 is 1. The molecular weight excluding hydrogens is 340 g/mol. The molecule has 3 rings (SSSR count). The van der Waals surface area contributed by atoms with Gasteiger partial charge >= 0.3 is 0 Å². The Morgan fingerprint density at radius 1 is 1.04 bits per heavy atom. The Balaban J connectivity index is 1.64. The van der Waals surface area contributed by atoms with Crippen molar-refractivity contribution >= 4 is 11.6 Å². The number of Topliss-reactive ketones (excluding diaryl/α,β-unsaturated/α-hetero) is 2. The zero-order valence-corrected chi connectivity index (χ0v) is 15.9. The summed E-state index contributed by atoms with van der Waals surface area (Å²) in [5.41, 5.74) is 1.54. The fourth-order valence-electron chi connectivity index (χ4n) is 3.78. The molecule has 0 spiro atoms. The second-order valence-electron chi connectivity index (χ2n) is 7.37. The summed E-state index contributed by atoms with van der Waals surface area (Å²) < 4.78 is 11.0. The molecule has 142 valence electrons. The summed E-state index contributed by atoms with van der Waals surface area (Å²) in [7, 11) is 1.64. The lowest BCUT2D eigenvalue weighted by Gasteiger charge is -2.40. The van der Waals surface area contributed by atoms with Gasteiger partial charge in [0.15, 0.2) is 0 Å². The minimum absolute atomic E-state index is 0.0284. The molecule has 0 N–H and O–H groups in total. The van der Waals surface area contributed by atoms with Crippen molar-refractivity contribution in [1.82, 2.24) is 0 Å². The largest absolute Gasteiger partial charge is 0.497 e. The molecule has 4 heteroatoms. The molecule has 0 bridgehead atoms. The molecule has 2 aromatic rings. The molecule has 27 heavy (non-hydrogen) atoms. The summed E-state index contributed by atoms with van der Waals surface area (Å²) >= 11 is 0. The molecule has 0 heterocycles. The third-order valence-electron chi connectivity index (χ3n) is 5.59. The summed E-state index contributed by atoms with van der Waals surface area (Å²) in [4.78, 5) is 24.8. The van der Waals surface area contributed by atoms with Gasteiger partial charge in [0, 0.05) is 24.4 Å². The lowest BCUT2D eigenvalue weighted by atomic mass is 9.62. The summed E-state index contributed by atoms with van der Waals surface area (Å²) in [6, 6.07) is 17.6. The monoisotopic (exact) mass is 366 g/mol. The van der Waals surface area contributed by atoms with Crippen LogP contribution in [0.25, 0.3) is 0 Å². The second-order valence-corrected chi connectivity index (χ2v) is 7.37. The van der Waals surface area contributed by atoms with Crippen molar-refractivity contribution in [2.75, 3.05) is 13.7 Å². The maximum Gasteiger partial charge on any atom is 0.146 e. The van der Waals surface area contributed by atoms with E-state index < -0.39 is 5.41 Å². The Bertz CT molecular complexity index is 782. The number of hydrogen-bond donors (Lipinski definition) is 0. The van der Waals surface area contributed by atoms with Gasteiger partial charge in [-0.3, -0.25) is 9.59 Å². The molecule has 1 aliphatic carbocycles. The van der Waals surface area contributed by atoms with E-state index in [9.17, 15) is 9.59 Å². The molecule has 0 amide bonds. The number of hydrogen-bond acceptors (Lipinski definition) is 4.